The zero-order valence-electron chi connectivity index (χ0n) is 16.3. The van der Waals surface area contributed by atoms with Crippen LogP contribution in [0.2, 0.25) is 0 Å². The Bertz CT molecular complexity index is 1090. The van der Waals surface area contributed by atoms with Crippen LogP contribution >= 0.6 is 11.8 Å². The number of para-hydroxylation sites is 1. The van der Waals surface area contributed by atoms with Gasteiger partial charge in [0.25, 0.3) is 0 Å². The fourth-order valence-corrected chi connectivity index (χ4v) is 3.62. The van der Waals surface area contributed by atoms with Gasteiger partial charge in [-0.2, -0.15) is 0 Å². The molecule has 0 aliphatic carbocycles. The van der Waals surface area contributed by atoms with E-state index in [-0.39, 0.29) is 11.7 Å². The SMILES string of the molecule is CCOc1ccc(NC(=O)CSc2nnc(-c3ccco3)n2-c2ccccc2)cc1. The molecule has 0 radical (unpaired) electrons. The van der Waals surface area contributed by atoms with Crippen molar-refractivity contribution in [2.75, 3.05) is 17.7 Å². The second-order valence-corrected chi connectivity index (χ2v) is 7.19. The molecule has 4 rings (SSSR count). The standard InChI is InChI=1S/C22H20N4O3S/c1-2-28-18-12-10-16(11-13-18)23-20(27)15-30-22-25-24-21(19-9-6-14-29-19)26(22)17-7-4-3-5-8-17/h3-14H,2,15H2,1H3,(H,23,27). The van der Waals surface area contributed by atoms with Gasteiger partial charge in [-0.05, 0) is 55.5 Å². The molecule has 152 valence electrons. The van der Waals surface area contributed by atoms with Crippen LogP contribution in [0.5, 0.6) is 5.75 Å². The third-order valence-electron chi connectivity index (χ3n) is 4.17. The van der Waals surface area contributed by atoms with Crippen molar-refractivity contribution in [1.29, 1.82) is 0 Å². The molecule has 1 amide bonds. The lowest BCUT2D eigenvalue weighted by atomic mass is 10.3. The van der Waals surface area contributed by atoms with Gasteiger partial charge in [0.1, 0.15) is 5.75 Å². The molecular formula is C22H20N4O3S. The molecule has 0 aliphatic heterocycles. The number of rotatable bonds is 8. The van der Waals surface area contributed by atoms with E-state index in [2.05, 4.69) is 15.5 Å². The molecule has 2 aromatic heterocycles. The molecule has 0 atom stereocenters. The summed E-state index contributed by atoms with van der Waals surface area (Å²) in [5, 5.41) is 12.0. The molecule has 0 saturated heterocycles. The summed E-state index contributed by atoms with van der Waals surface area (Å²) in [5.74, 6) is 2.02. The van der Waals surface area contributed by atoms with Crippen LogP contribution in [0.3, 0.4) is 0 Å². The quantitative estimate of drug-likeness (QED) is 0.418. The minimum absolute atomic E-state index is 0.133. The van der Waals surface area contributed by atoms with Crippen molar-refractivity contribution in [3.8, 4) is 23.0 Å². The number of anilines is 1. The van der Waals surface area contributed by atoms with E-state index in [9.17, 15) is 4.79 Å². The van der Waals surface area contributed by atoms with E-state index in [0.717, 1.165) is 11.4 Å². The highest BCUT2D eigenvalue weighted by Gasteiger charge is 2.18. The molecule has 1 N–H and O–H groups in total. The normalized spacial score (nSPS) is 10.7. The Balaban J connectivity index is 1.48. The van der Waals surface area contributed by atoms with Gasteiger partial charge >= 0.3 is 0 Å². The number of hydrogen-bond acceptors (Lipinski definition) is 6. The average molecular weight is 420 g/mol. The lowest BCUT2D eigenvalue weighted by molar-refractivity contribution is -0.113. The number of furan rings is 1. The molecule has 30 heavy (non-hydrogen) atoms. The van der Waals surface area contributed by atoms with Crippen LogP contribution < -0.4 is 10.1 Å². The summed E-state index contributed by atoms with van der Waals surface area (Å²) in [6, 6.07) is 20.7. The Morgan fingerprint density at radius 1 is 1.07 bits per heavy atom. The Morgan fingerprint density at radius 2 is 1.87 bits per heavy atom. The van der Waals surface area contributed by atoms with Crippen molar-refractivity contribution in [3.63, 3.8) is 0 Å². The number of aromatic nitrogens is 3. The molecule has 0 unspecified atom stereocenters. The van der Waals surface area contributed by atoms with Crippen LogP contribution in [0.25, 0.3) is 17.3 Å². The fourth-order valence-electron chi connectivity index (χ4n) is 2.87. The maximum atomic E-state index is 12.4. The highest BCUT2D eigenvalue weighted by atomic mass is 32.2. The van der Waals surface area contributed by atoms with Gasteiger partial charge in [0.15, 0.2) is 10.9 Å². The van der Waals surface area contributed by atoms with Crippen LogP contribution in [0, 0.1) is 0 Å². The zero-order valence-corrected chi connectivity index (χ0v) is 17.1. The van der Waals surface area contributed by atoms with E-state index in [4.69, 9.17) is 9.15 Å². The maximum absolute atomic E-state index is 12.4. The van der Waals surface area contributed by atoms with Crippen molar-refractivity contribution in [2.45, 2.75) is 12.1 Å². The van der Waals surface area contributed by atoms with Crippen molar-refractivity contribution < 1.29 is 13.9 Å². The van der Waals surface area contributed by atoms with Crippen molar-refractivity contribution in [2.24, 2.45) is 0 Å². The smallest absolute Gasteiger partial charge is 0.234 e. The first kappa shape index (κ1) is 19.8. The molecule has 4 aromatic rings. The number of carbonyl (C=O) groups is 1. The molecule has 2 heterocycles. The molecule has 2 aromatic carbocycles. The number of amides is 1. The van der Waals surface area contributed by atoms with Crippen LogP contribution in [-0.4, -0.2) is 33.0 Å². The van der Waals surface area contributed by atoms with E-state index in [1.54, 1.807) is 12.3 Å². The highest BCUT2D eigenvalue weighted by Crippen LogP contribution is 2.28. The Hall–Kier alpha value is -3.52. The van der Waals surface area contributed by atoms with E-state index in [0.29, 0.717) is 29.0 Å². The third kappa shape index (κ3) is 4.55. The summed E-state index contributed by atoms with van der Waals surface area (Å²) in [6.07, 6.45) is 1.59. The maximum Gasteiger partial charge on any atom is 0.234 e. The second-order valence-electron chi connectivity index (χ2n) is 6.25. The predicted molar refractivity (Wildman–Crippen MR) is 116 cm³/mol. The minimum Gasteiger partial charge on any atom is -0.494 e. The molecule has 0 fully saturated rings. The molecular weight excluding hydrogens is 400 g/mol. The molecule has 7 nitrogen and oxygen atoms in total. The zero-order chi connectivity index (χ0) is 20.8. The highest BCUT2D eigenvalue weighted by molar-refractivity contribution is 7.99. The van der Waals surface area contributed by atoms with Gasteiger partial charge in [-0.25, -0.2) is 0 Å². The molecule has 0 saturated carbocycles. The van der Waals surface area contributed by atoms with Crippen LogP contribution in [0.4, 0.5) is 5.69 Å². The van der Waals surface area contributed by atoms with Gasteiger partial charge in [-0.15, -0.1) is 10.2 Å². The monoisotopic (exact) mass is 420 g/mol. The Kier molecular flexibility index (Phi) is 6.14. The van der Waals surface area contributed by atoms with Gasteiger partial charge in [-0.1, -0.05) is 30.0 Å². The lowest BCUT2D eigenvalue weighted by Crippen LogP contribution is -2.14. The number of ether oxygens (including phenoxy) is 1. The van der Waals surface area contributed by atoms with E-state index in [1.807, 2.05) is 72.2 Å². The second kappa shape index (κ2) is 9.32. The summed E-state index contributed by atoms with van der Waals surface area (Å²) in [5.41, 5.74) is 1.60. The van der Waals surface area contributed by atoms with Gasteiger partial charge in [0.05, 0.1) is 18.6 Å². The number of benzene rings is 2. The Morgan fingerprint density at radius 3 is 2.57 bits per heavy atom. The number of hydrogen-bond donors (Lipinski definition) is 1. The van der Waals surface area contributed by atoms with Crippen molar-refractivity contribution in [1.82, 2.24) is 14.8 Å². The van der Waals surface area contributed by atoms with Gasteiger partial charge in [0.2, 0.25) is 11.7 Å². The van der Waals surface area contributed by atoms with Gasteiger partial charge in [-0.3, -0.25) is 9.36 Å². The largest absolute Gasteiger partial charge is 0.494 e. The van der Waals surface area contributed by atoms with Crippen LogP contribution in [0.15, 0.2) is 82.6 Å². The third-order valence-corrected chi connectivity index (χ3v) is 5.10. The molecule has 0 aliphatic rings. The van der Waals surface area contributed by atoms with Gasteiger partial charge in [0, 0.05) is 11.4 Å². The minimum atomic E-state index is -0.133. The first-order valence-electron chi connectivity index (χ1n) is 9.45. The summed E-state index contributed by atoms with van der Waals surface area (Å²) in [7, 11) is 0. The number of nitrogens with zero attached hydrogens (tertiary/aromatic N) is 3. The van der Waals surface area contributed by atoms with Crippen molar-refractivity contribution in [3.05, 3.63) is 73.0 Å². The fraction of sp³-hybridized carbons (Fsp3) is 0.136. The lowest BCUT2D eigenvalue weighted by Gasteiger charge is -2.09. The van der Waals surface area contributed by atoms with Crippen LogP contribution in [0.1, 0.15) is 6.92 Å². The predicted octanol–water partition coefficient (Wildman–Crippen LogP) is 4.66. The first-order chi connectivity index (χ1) is 14.7. The summed E-state index contributed by atoms with van der Waals surface area (Å²) >= 11 is 1.31. The van der Waals surface area contributed by atoms with E-state index < -0.39 is 0 Å². The summed E-state index contributed by atoms with van der Waals surface area (Å²) in [4.78, 5) is 12.4. The summed E-state index contributed by atoms with van der Waals surface area (Å²) < 4.78 is 12.8. The van der Waals surface area contributed by atoms with E-state index in [1.165, 1.54) is 11.8 Å². The molecule has 0 spiro atoms. The number of thioether (sulfide) groups is 1. The number of nitrogens with one attached hydrogen (secondary N) is 1. The van der Waals surface area contributed by atoms with E-state index >= 15 is 0 Å². The number of carbonyl (C=O) groups excluding carboxylic acids is 1. The molecule has 8 heteroatoms. The topological polar surface area (TPSA) is 82.2 Å². The van der Waals surface area contributed by atoms with Crippen molar-refractivity contribution >= 4 is 23.4 Å². The first-order valence-corrected chi connectivity index (χ1v) is 10.4. The average Bonchev–Trinajstić information content (AvgIpc) is 3.44. The molecule has 0 bridgehead atoms. The summed E-state index contributed by atoms with van der Waals surface area (Å²) in [6.45, 7) is 2.53. The van der Waals surface area contributed by atoms with Gasteiger partial charge < -0.3 is 14.5 Å². The Labute approximate surface area is 178 Å². The van der Waals surface area contributed by atoms with Crippen LogP contribution in [-0.2, 0) is 4.79 Å².